The van der Waals surface area contributed by atoms with Gasteiger partial charge in [0.15, 0.2) is 5.82 Å². The Morgan fingerprint density at radius 2 is 1.80 bits per heavy atom. The topological polar surface area (TPSA) is 41.9 Å². The fourth-order valence-corrected chi connectivity index (χ4v) is 2.67. The van der Waals surface area contributed by atoms with Gasteiger partial charge in [-0.25, -0.2) is 0 Å². The first-order valence-electron chi connectivity index (χ1n) is 6.88. The lowest BCUT2D eigenvalue weighted by atomic mass is 10.0. The molecule has 4 nitrogen and oxygen atoms in total. The van der Waals surface area contributed by atoms with Gasteiger partial charge in [0.1, 0.15) is 0 Å². The summed E-state index contributed by atoms with van der Waals surface area (Å²) in [5.41, 5.74) is 3.43. The standard InChI is InChI=1S/C15H17ClN4/c1-10-6-5-7-12(11(10)2)13-17-14(16)19-15(18-13)20-8-3-4-9-20/h5-7H,3-4,8-9H2,1-2H3. The molecule has 0 N–H and O–H groups in total. The fourth-order valence-electron chi connectivity index (χ4n) is 2.51. The Balaban J connectivity index is 2.07. The average molecular weight is 289 g/mol. The second-order valence-corrected chi connectivity index (χ2v) is 5.51. The molecule has 20 heavy (non-hydrogen) atoms. The van der Waals surface area contributed by atoms with E-state index in [0.29, 0.717) is 11.8 Å². The summed E-state index contributed by atoms with van der Waals surface area (Å²) in [6.07, 6.45) is 2.37. The van der Waals surface area contributed by atoms with Gasteiger partial charge in [-0.2, -0.15) is 15.0 Å². The van der Waals surface area contributed by atoms with Crippen LogP contribution in [0.15, 0.2) is 18.2 Å². The highest BCUT2D eigenvalue weighted by Crippen LogP contribution is 2.25. The van der Waals surface area contributed by atoms with Crippen LogP contribution in [0.25, 0.3) is 11.4 Å². The molecule has 0 spiro atoms. The number of hydrogen-bond acceptors (Lipinski definition) is 4. The zero-order chi connectivity index (χ0) is 14.1. The van der Waals surface area contributed by atoms with E-state index in [1.807, 2.05) is 12.1 Å². The third kappa shape index (κ3) is 2.48. The fraction of sp³-hybridized carbons (Fsp3) is 0.400. The molecular formula is C15H17ClN4. The van der Waals surface area contributed by atoms with Gasteiger partial charge in [-0.3, -0.25) is 0 Å². The summed E-state index contributed by atoms with van der Waals surface area (Å²) in [5.74, 6) is 1.35. The maximum atomic E-state index is 6.08. The molecule has 0 aliphatic carbocycles. The van der Waals surface area contributed by atoms with Crippen LogP contribution >= 0.6 is 11.6 Å². The lowest BCUT2D eigenvalue weighted by Crippen LogP contribution is -2.21. The normalized spacial score (nSPS) is 14.8. The smallest absolute Gasteiger partial charge is 0.230 e. The molecule has 0 radical (unpaired) electrons. The second-order valence-electron chi connectivity index (χ2n) is 5.17. The number of halogens is 1. The van der Waals surface area contributed by atoms with E-state index in [-0.39, 0.29) is 5.28 Å². The Morgan fingerprint density at radius 1 is 1.05 bits per heavy atom. The zero-order valence-electron chi connectivity index (χ0n) is 11.7. The van der Waals surface area contributed by atoms with Crippen molar-refractivity contribution in [3.63, 3.8) is 0 Å². The summed E-state index contributed by atoms with van der Waals surface area (Å²) in [6, 6.07) is 6.13. The largest absolute Gasteiger partial charge is 0.341 e. The van der Waals surface area contributed by atoms with E-state index in [0.717, 1.165) is 18.7 Å². The van der Waals surface area contributed by atoms with Crippen molar-refractivity contribution < 1.29 is 0 Å². The Bertz CT molecular complexity index is 636. The quantitative estimate of drug-likeness (QED) is 0.849. The molecule has 104 valence electrons. The van der Waals surface area contributed by atoms with E-state index in [1.54, 1.807) is 0 Å². The number of benzene rings is 1. The molecule has 0 bridgehead atoms. The highest BCUT2D eigenvalue weighted by Gasteiger charge is 2.18. The maximum absolute atomic E-state index is 6.08. The Labute approximate surface area is 123 Å². The summed E-state index contributed by atoms with van der Waals surface area (Å²) in [5, 5.41) is 0.262. The van der Waals surface area contributed by atoms with E-state index in [9.17, 15) is 0 Å². The summed E-state index contributed by atoms with van der Waals surface area (Å²) >= 11 is 6.08. The van der Waals surface area contributed by atoms with Crippen molar-refractivity contribution in [3.05, 3.63) is 34.6 Å². The van der Waals surface area contributed by atoms with Gasteiger partial charge in [0.05, 0.1) is 0 Å². The van der Waals surface area contributed by atoms with Crippen molar-refractivity contribution in [3.8, 4) is 11.4 Å². The molecule has 0 atom stereocenters. The number of nitrogens with zero attached hydrogens (tertiary/aromatic N) is 4. The first-order valence-corrected chi connectivity index (χ1v) is 7.26. The average Bonchev–Trinajstić information content (AvgIpc) is 2.95. The van der Waals surface area contributed by atoms with Crippen LogP contribution in [-0.2, 0) is 0 Å². The van der Waals surface area contributed by atoms with Crippen molar-refractivity contribution in [2.45, 2.75) is 26.7 Å². The Morgan fingerprint density at radius 3 is 2.55 bits per heavy atom. The molecule has 3 rings (SSSR count). The minimum absolute atomic E-state index is 0.262. The van der Waals surface area contributed by atoms with Crippen molar-refractivity contribution >= 4 is 17.5 Å². The number of aryl methyl sites for hydroxylation is 1. The molecule has 1 fully saturated rings. The maximum Gasteiger partial charge on any atom is 0.230 e. The first kappa shape index (κ1) is 13.3. The van der Waals surface area contributed by atoms with Crippen LogP contribution in [0.4, 0.5) is 5.95 Å². The van der Waals surface area contributed by atoms with Gasteiger partial charge in [-0.05, 0) is 49.4 Å². The molecule has 2 aromatic rings. The van der Waals surface area contributed by atoms with Gasteiger partial charge < -0.3 is 4.90 Å². The molecule has 1 aliphatic heterocycles. The zero-order valence-corrected chi connectivity index (χ0v) is 12.5. The van der Waals surface area contributed by atoms with Crippen LogP contribution in [0.1, 0.15) is 24.0 Å². The van der Waals surface area contributed by atoms with Gasteiger partial charge in [0, 0.05) is 18.7 Å². The predicted octanol–water partition coefficient (Wildman–Crippen LogP) is 3.41. The molecule has 1 aromatic carbocycles. The van der Waals surface area contributed by atoms with E-state index in [4.69, 9.17) is 11.6 Å². The van der Waals surface area contributed by atoms with Gasteiger partial charge >= 0.3 is 0 Å². The van der Waals surface area contributed by atoms with Gasteiger partial charge in [0.2, 0.25) is 11.2 Å². The molecule has 5 heteroatoms. The lowest BCUT2D eigenvalue weighted by molar-refractivity contribution is 0.882. The molecular weight excluding hydrogens is 272 g/mol. The van der Waals surface area contributed by atoms with Gasteiger partial charge in [-0.1, -0.05) is 18.2 Å². The molecule has 2 heterocycles. The van der Waals surface area contributed by atoms with Crippen LogP contribution < -0.4 is 4.90 Å². The van der Waals surface area contributed by atoms with E-state index in [2.05, 4.69) is 39.8 Å². The molecule has 1 aliphatic rings. The van der Waals surface area contributed by atoms with Crippen molar-refractivity contribution in [2.75, 3.05) is 18.0 Å². The monoisotopic (exact) mass is 288 g/mol. The molecule has 0 saturated carbocycles. The van der Waals surface area contributed by atoms with Crippen LogP contribution in [0.2, 0.25) is 5.28 Å². The van der Waals surface area contributed by atoms with Crippen LogP contribution in [0, 0.1) is 13.8 Å². The number of anilines is 1. The number of hydrogen-bond donors (Lipinski definition) is 0. The van der Waals surface area contributed by atoms with Crippen molar-refractivity contribution in [2.24, 2.45) is 0 Å². The van der Waals surface area contributed by atoms with Gasteiger partial charge in [-0.15, -0.1) is 0 Å². The van der Waals surface area contributed by atoms with Gasteiger partial charge in [0.25, 0.3) is 0 Å². The van der Waals surface area contributed by atoms with Crippen molar-refractivity contribution in [1.82, 2.24) is 15.0 Å². The highest BCUT2D eigenvalue weighted by molar-refractivity contribution is 6.28. The van der Waals surface area contributed by atoms with Crippen LogP contribution in [-0.4, -0.2) is 28.0 Å². The number of rotatable bonds is 2. The lowest BCUT2D eigenvalue weighted by Gasteiger charge is -2.16. The molecule has 0 unspecified atom stereocenters. The first-order chi connectivity index (χ1) is 9.65. The van der Waals surface area contributed by atoms with Crippen LogP contribution in [0.5, 0.6) is 0 Å². The third-order valence-corrected chi connectivity index (χ3v) is 4.00. The second kappa shape index (κ2) is 5.37. The Kier molecular flexibility index (Phi) is 3.57. The van der Waals surface area contributed by atoms with Crippen LogP contribution in [0.3, 0.4) is 0 Å². The van der Waals surface area contributed by atoms with E-state index >= 15 is 0 Å². The summed E-state index contributed by atoms with van der Waals surface area (Å²) in [6.45, 7) is 6.15. The van der Waals surface area contributed by atoms with Crippen molar-refractivity contribution in [1.29, 1.82) is 0 Å². The number of aromatic nitrogens is 3. The third-order valence-electron chi connectivity index (χ3n) is 3.83. The molecule has 1 saturated heterocycles. The minimum atomic E-state index is 0.262. The predicted molar refractivity (Wildman–Crippen MR) is 81.2 cm³/mol. The molecule has 1 aromatic heterocycles. The SMILES string of the molecule is Cc1cccc(-c2nc(Cl)nc(N3CCCC3)n2)c1C. The highest BCUT2D eigenvalue weighted by atomic mass is 35.5. The summed E-state index contributed by atoms with van der Waals surface area (Å²) in [4.78, 5) is 15.3. The summed E-state index contributed by atoms with van der Waals surface area (Å²) < 4.78 is 0. The Hall–Kier alpha value is -1.68. The van der Waals surface area contributed by atoms with E-state index in [1.165, 1.54) is 24.0 Å². The van der Waals surface area contributed by atoms with E-state index < -0.39 is 0 Å². The molecule has 0 amide bonds. The summed E-state index contributed by atoms with van der Waals surface area (Å²) in [7, 11) is 0. The minimum Gasteiger partial charge on any atom is -0.341 e.